The molecule has 0 bridgehead atoms. The van der Waals surface area contributed by atoms with E-state index >= 15 is 0 Å². The largest absolute Gasteiger partial charge is 0.345 e. The first-order valence-electron chi connectivity index (χ1n) is 7.26. The number of benzene rings is 2. The molecule has 1 aromatic heterocycles. The van der Waals surface area contributed by atoms with Crippen LogP contribution in [0.3, 0.4) is 0 Å². The van der Waals surface area contributed by atoms with Crippen LogP contribution in [0, 0.1) is 18.6 Å². The van der Waals surface area contributed by atoms with Gasteiger partial charge in [0.05, 0.1) is 5.69 Å². The lowest BCUT2D eigenvalue weighted by Gasteiger charge is -2.04. The Morgan fingerprint density at radius 2 is 1.83 bits per heavy atom. The zero-order valence-electron chi connectivity index (χ0n) is 12.8. The van der Waals surface area contributed by atoms with Crippen molar-refractivity contribution in [3.05, 3.63) is 77.4 Å². The highest BCUT2D eigenvalue weighted by atomic mass is 19.1. The standard InChI is InChI=1S/C17H14F2N4O/c1-11-21-16(22-23(11)14-8-6-13(18)7-9-14)17(24)20-10-12-4-2-3-5-15(12)19/h2-9H,10H2,1H3,(H,20,24). The molecule has 5 nitrogen and oxygen atoms in total. The Kier molecular flexibility index (Phi) is 4.33. The Labute approximate surface area is 137 Å². The van der Waals surface area contributed by atoms with Crippen LogP contribution in [0.5, 0.6) is 0 Å². The maximum Gasteiger partial charge on any atom is 0.291 e. The minimum Gasteiger partial charge on any atom is -0.345 e. The highest BCUT2D eigenvalue weighted by Crippen LogP contribution is 2.11. The summed E-state index contributed by atoms with van der Waals surface area (Å²) in [5, 5.41) is 6.70. The molecule has 24 heavy (non-hydrogen) atoms. The number of aryl methyl sites for hydroxylation is 1. The Morgan fingerprint density at radius 3 is 2.54 bits per heavy atom. The molecule has 1 amide bonds. The number of rotatable bonds is 4. The normalized spacial score (nSPS) is 10.6. The summed E-state index contributed by atoms with van der Waals surface area (Å²) in [4.78, 5) is 16.2. The maximum atomic E-state index is 13.5. The van der Waals surface area contributed by atoms with Crippen LogP contribution in [-0.2, 0) is 6.54 Å². The van der Waals surface area contributed by atoms with Crippen molar-refractivity contribution in [1.82, 2.24) is 20.1 Å². The summed E-state index contributed by atoms with van der Waals surface area (Å²) in [6.45, 7) is 1.72. The topological polar surface area (TPSA) is 59.8 Å². The third kappa shape index (κ3) is 3.29. The number of halogens is 2. The number of nitrogens with one attached hydrogen (secondary N) is 1. The molecule has 0 aliphatic heterocycles. The van der Waals surface area contributed by atoms with Crippen LogP contribution in [0.4, 0.5) is 8.78 Å². The van der Waals surface area contributed by atoms with Crippen molar-refractivity contribution in [2.45, 2.75) is 13.5 Å². The minimum atomic E-state index is -0.512. The molecule has 3 rings (SSSR count). The number of aromatic nitrogens is 3. The molecule has 0 unspecified atom stereocenters. The Morgan fingerprint density at radius 1 is 1.12 bits per heavy atom. The molecule has 0 spiro atoms. The molecule has 0 aliphatic carbocycles. The molecule has 122 valence electrons. The van der Waals surface area contributed by atoms with Gasteiger partial charge in [0, 0.05) is 12.1 Å². The predicted molar refractivity (Wildman–Crippen MR) is 83.6 cm³/mol. The summed E-state index contributed by atoms with van der Waals surface area (Å²) in [6.07, 6.45) is 0. The third-order valence-corrected chi connectivity index (χ3v) is 3.44. The van der Waals surface area contributed by atoms with E-state index in [9.17, 15) is 13.6 Å². The van der Waals surface area contributed by atoms with Crippen LogP contribution in [0.1, 0.15) is 22.0 Å². The Bertz CT molecular complexity index is 875. The van der Waals surface area contributed by atoms with E-state index in [-0.39, 0.29) is 18.2 Å². The van der Waals surface area contributed by atoms with E-state index in [0.717, 1.165) is 0 Å². The van der Waals surface area contributed by atoms with Crippen molar-refractivity contribution >= 4 is 5.91 Å². The second-order valence-electron chi connectivity index (χ2n) is 5.14. The zero-order valence-corrected chi connectivity index (χ0v) is 12.8. The summed E-state index contributed by atoms with van der Waals surface area (Å²) in [7, 11) is 0. The van der Waals surface area contributed by atoms with Gasteiger partial charge in [-0.25, -0.2) is 18.4 Å². The van der Waals surface area contributed by atoms with Gasteiger partial charge in [-0.2, -0.15) is 0 Å². The van der Waals surface area contributed by atoms with Crippen LogP contribution in [0.15, 0.2) is 48.5 Å². The Hall–Kier alpha value is -3.09. The van der Waals surface area contributed by atoms with Crippen molar-refractivity contribution in [1.29, 1.82) is 0 Å². The van der Waals surface area contributed by atoms with E-state index in [0.29, 0.717) is 17.1 Å². The first-order valence-corrected chi connectivity index (χ1v) is 7.26. The van der Waals surface area contributed by atoms with Gasteiger partial charge in [0.25, 0.3) is 5.91 Å². The van der Waals surface area contributed by atoms with Gasteiger partial charge >= 0.3 is 0 Å². The van der Waals surface area contributed by atoms with Gasteiger partial charge in [0.15, 0.2) is 0 Å². The van der Waals surface area contributed by atoms with Crippen LogP contribution in [-0.4, -0.2) is 20.7 Å². The summed E-state index contributed by atoms with van der Waals surface area (Å²) < 4.78 is 28.0. The highest BCUT2D eigenvalue weighted by molar-refractivity contribution is 5.90. The van der Waals surface area contributed by atoms with Crippen LogP contribution in [0.2, 0.25) is 0 Å². The number of amides is 1. The van der Waals surface area contributed by atoms with E-state index in [1.807, 2.05) is 0 Å². The van der Waals surface area contributed by atoms with Crippen molar-refractivity contribution in [2.24, 2.45) is 0 Å². The lowest BCUT2D eigenvalue weighted by molar-refractivity contribution is 0.0940. The minimum absolute atomic E-state index is 0.0341. The van der Waals surface area contributed by atoms with Crippen molar-refractivity contribution in [2.75, 3.05) is 0 Å². The van der Waals surface area contributed by atoms with E-state index < -0.39 is 11.7 Å². The molecule has 0 radical (unpaired) electrons. The molecule has 0 aliphatic rings. The van der Waals surface area contributed by atoms with E-state index in [4.69, 9.17) is 0 Å². The van der Waals surface area contributed by atoms with Crippen molar-refractivity contribution < 1.29 is 13.6 Å². The molecule has 0 atom stereocenters. The SMILES string of the molecule is Cc1nc(C(=O)NCc2ccccc2F)nn1-c1ccc(F)cc1. The van der Waals surface area contributed by atoms with Gasteiger partial charge in [-0.1, -0.05) is 18.2 Å². The predicted octanol–water partition coefficient (Wildman–Crippen LogP) is 2.78. The van der Waals surface area contributed by atoms with Gasteiger partial charge in [-0.05, 0) is 37.3 Å². The number of carbonyl (C=O) groups is 1. The number of hydrogen-bond acceptors (Lipinski definition) is 3. The number of hydrogen-bond donors (Lipinski definition) is 1. The fourth-order valence-corrected chi connectivity index (χ4v) is 2.21. The molecule has 1 N–H and O–H groups in total. The second kappa shape index (κ2) is 6.57. The van der Waals surface area contributed by atoms with Gasteiger partial charge < -0.3 is 5.32 Å². The van der Waals surface area contributed by atoms with Crippen LogP contribution >= 0.6 is 0 Å². The average molecular weight is 328 g/mol. The number of carbonyl (C=O) groups excluding carboxylic acids is 1. The molecule has 3 aromatic rings. The van der Waals surface area contributed by atoms with Crippen LogP contribution in [0.25, 0.3) is 5.69 Å². The van der Waals surface area contributed by atoms with Crippen LogP contribution < -0.4 is 5.32 Å². The van der Waals surface area contributed by atoms with Gasteiger partial charge in [0.1, 0.15) is 17.5 Å². The second-order valence-corrected chi connectivity index (χ2v) is 5.14. The average Bonchev–Trinajstić information content (AvgIpc) is 2.96. The number of nitrogens with zero attached hydrogens (tertiary/aromatic N) is 3. The van der Waals surface area contributed by atoms with E-state index in [2.05, 4.69) is 15.4 Å². The lowest BCUT2D eigenvalue weighted by Crippen LogP contribution is -2.24. The molecular weight excluding hydrogens is 314 g/mol. The maximum absolute atomic E-state index is 13.5. The molecule has 7 heteroatoms. The quantitative estimate of drug-likeness (QED) is 0.801. The van der Waals surface area contributed by atoms with Gasteiger partial charge in [-0.15, -0.1) is 5.10 Å². The summed E-state index contributed by atoms with van der Waals surface area (Å²) >= 11 is 0. The molecule has 0 fully saturated rings. The summed E-state index contributed by atoms with van der Waals surface area (Å²) in [5.74, 6) is -0.814. The van der Waals surface area contributed by atoms with E-state index in [1.165, 1.54) is 35.0 Å². The van der Waals surface area contributed by atoms with Gasteiger partial charge in [0.2, 0.25) is 5.82 Å². The summed E-state index contributed by atoms with van der Waals surface area (Å²) in [5.41, 5.74) is 0.968. The first kappa shape index (κ1) is 15.8. The molecule has 0 saturated heterocycles. The van der Waals surface area contributed by atoms with Crippen molar-refractivity contribution in [3.63, 3.8) is 0 Å². The monoisotopic (exact) mass is 328 g/mol. The van der Waals surface area contributed by atoms with E-state index in [1.54, 1.807) is 25.1 Å². The third-order valence-electron chi connectivity index (χ3n) is 3.44. The van der Waals surface area contributed by atoms with Gasteiger partial charge in [-0.3, -0.25) is 4.79 Å². The lowest BCUT2D eigenvalue weighted by atomic mass is 10.2. The first-order chi connectivity index (χ1) is 11.5. The Balaban J connectivity index is 1.75. The molecule has 0 saturated carbocycles. The molecular formula is C17H14F2N4O. The zero-order chi connectivity index (χ0) is 17.1. The fraction of sp³-hybridized carbons (Fsp3) is 0.118. The molecule has 2 aromatic carbocycles. The fourth-order valence-electron chi connectivity index (χ4n) is 2.21. The summed E-state index contributed by atoms with van der Waals surface area (Å²) in [6, 6.07) is 11.9. The molecule has 1 heterocycles. The van der Waals surface area contributed by atoms with Crippen molar-refractivity contribution in [3.8, 4) is 5.69 Å². The highest BCUT2D eigenvalue weighted by Gasteiger charge is 2.15. The smallest absolute Gasteiger partial charge is 0.291 e.